The average molecular weight is 314 g/mol. The summed E-state index contributed by atoms with van der Waals surface area (Å²) in [6.45, 7) is 0. The predicted molar refractivity (Wildman–Crippen MR) is 7.81 cm³/mol. The van der Waals surface area contributed by atoms with E-state index in [-0.39, 0.29) is 79.3 Å². The van der Waals surface area contributed by atoms with Crippen LogP contribution in [0.5, 0.6) is 0 Å². The van der Waals surface area contributed by atoms with E-state index in [1.165, 1.54) is 0 Å². The molecule has 0 bridgehead atoms. The molecule has 0 saturated carbocycles. The van der Waals surface area contributed by atoms with Gasteiger partial charge in [-0.05, 0) is 0 Å². The Morgan fingerprint density at radius 1 is 1.00 bits per heavy atom. The van der Waals surface area contributed by atoms with Gasteiger partial charge in [0.25, 0.3) is 0 Å². The van der Waals surface area contributed by atoms with Crippen LogP contribution in [0.2, 0.25) is 0 Å². The first-order valence-corrected chi connectivity index (χ1v) is 0.508. The van der Waals surface area contributed by atoms with Crippen LogP contribution in [0.4, 0.5) is 0 Å². The molecule has 0 aromatic rings. The van der Waals surface area contributed by atoms with Gasteiger partial charge in [-0.3, -0.25) is 0 Å². The van der Waals surface area contributed by atoms with Crippen molar-refractivity contribution in [3.63, 3.8) is 0 Å². The van der Waals surface area contributed by atoms with Gasteiger partial charge >= 0.3 is 88.1 Å². The van der Waals surface area contributed by atoms with E-state index in [1.54, 1.807) is 0 Å². The Hall–Kier alpha value is 2.43. The van der Waals surface area contributed by atoms with Crippen molar-refractivity contribution in [3.8, 4) is 0 Å². The molecule has 33 valence electrons. The summed E-state index contributed by atoms with van der Waals surface area (Å²) >= 11 is 2.94. The number of hydrogen-bond acceptors (Lipinski definition) is 1. The molecule has 3 nitrogen and oxygen atoms in total. The zero-order valence-electron chi connectivity index (χ0n) is 2.94. The molecule has 0 heterocycles. The molecule has 0 aromatic heterocycles. The first kappa shape index (κ1) is 39.5. The predicted octanol–water partition coefficient (Wildman–Crippen LogP) is -0.742. The summed E-state index contributed by atoms with van der Waals surface area (Å²) in [5.41, 5.74) is 0. The van der Waals surface area contributed by atoms with Crippen molar-refractivity contribution < 1.29 is 50.2 Å². The molecule has 0 N–H and O–H groups in total. The second kappa shape index (κ2) is 51.9. The summed E-state index contributed by atoms with van der Waals surface area (Å²) in [6, 6.07) is 0. The van der Waals surface area contributed by atoms with Crippen molar-refractivity contribution in [1.82, 2.24) is 0 Å². The maximum atomic E-state index is 7.81. The Balaban J connectivity index is -0.000000000833. The molecule has 0 aromatic carbocycles. The van der Waals surface area contributed by atoms with Crippen molar-refractivity contribution in [1.29, 1.82) is 0 Å². The van der Waals surface area contributed by atoms with Crippen LogP contribution >= 0.6 is 0 Å². The largest absolute Gasteiger partial charge is 2.00 e. The first-order chi connectivity index (χ1) is 1.00. The van der Waals surface area contributed by atoms with Gasteiger partial charge in [0.15, 0.2) is 0 Å². The van der Waals surface area contributed by atoms with Gasteiger partial charge in [-0.1, -0.05) is 0 Å². The first-order valence-electron chi connectivity index (χ1n) is 0.123. The van der Waals surface area contributed by atoms with Crippen LogP contribution in [0.1, 0.15) is 0 Å². The molecule has 6 heteroatoms. The van der Waals surface area contributed by atoms with Crippen molar-refractivity contribution in [2.75, 3.05) is 0 Å². The van der Waals surface area contributed by atoms with E-state index in [2.05, 4.69) is 15.9 Å². The zero-order chi connectivity index (χ0) is 2.00. The van der Waals surface area contributed by atoms with E-state index < -0.39 is 0 Å². The van der Waals surface area contributed by atoms with Gasteiger partial charge in [-0.25, -0.2) is 0 Å². The Morgan fingerprint density at radius 3 is 1.00 bits per heavy atom. The second-order valence-electron chi connectivity index (χ2n) is 0. The standard InChI is InChI=1S/Ba.Cu.3O.Zn/q+2;;;2*-2;+2. The van der Waals surface area contributed by atoms with Crippen molar-refractivity contribution in [2.24, 2.45) is 0 Å². The molecule has 6 heavy (non-hydrogen) atoms. The van der Waals surface area contributed by atoms with Crippen molar-refractivity contribution in [2.45, 2.75) is 0 Å². The normalized spacial score (nSPS) is 1.00. The molecule has 0 unspecified atom stereocenters. The van der Waals surface area contributed by atoms with E-state index in [0.29, 0.717) is 0 Å². The van der Waals surface area contributed by atoms with Crippen LogP contribution in [-0.4, -0.2) is 48.9 Å². The van der Waals surface area contributed by atoms with Crippen LogP contribution in [0.25, 0.3) is 0 Å². The third-order valence-corrected chi connectivity index (χ3v) is 0. The van der Waals surface area contributed by atoms with Crippen LogP contribution in [-0.2, 0) is 50.2 Å². The van der Waals surface area contributed by atoms with E-state index in [1.807, 2.05) is 0 Å². The number of hydrogen-bond donors (Lipinski definition) is 0. The minimum absolute atomic E-state index is 0. The van der Waals surface area contributed by atoms with Crippen LogP contribution in [0.3, 0.4) is 0 Å². The van der Waals surface area contributed by atoms with Crippen LogP contribution in [0.15, 0.2) is 0 Å². The maximum absolute atomic E-state index is 7.81. The fraction of sp³-hybridized carbons (Fsp3) is 0. The monoisotopic (exact) mass is 313 g/mol. The van der Waals surface area contributed by atoms with Crippen molar-refractivity contribution >= 4 is 48.9 Å². The molecule has 0 atom stereocenters. The SMILES string of the molecule is [Ba+2].[O-2].[O-2].[O]=[Cu].[Zn+2]. The summed E-state index contributed by atoms with van der Waals surface area (Å²) in [4.78, 5) is 0. The molecule has 0 fully saturated rings. The molecule has 0 rings (SSSR count). The summed E-state index contributed by atoms with van der Waals surface area (Å²) in [7, 11) is 0. The van der Waals surface area contributed by atoms with Gasteiger partial charge in [-0.2, -0.15) is 0 Å². The molecule has 0 radical (unpaired) electrons. The maximum Gasteiger partial charge on any atom is 2.00 e. The van der Waals surface area contributed by atoms with Gasteiger partial charge in [0.2, 0.25) is 0 Å². The minimum atomic E-state index is 0. The van der Waals surface area contributed by atoms with Gasteiger partial charge < -0.3 is 11.0 Å². The molecule has 0 aliphatic carbocycles. The Kier molecular flexibility index (Phi) is 342. The average Bonchev–Trinajstić information content (AvgIpc) is 1.00. The fourth-order valence-electron chi connectivity index (χ4n) is 0. The van der Waals surface area contributed by atoms with Gasteiger partial charge in [0.1, 0.15) is 0 Å². The molecule has 0 spiro atoms. The topological polar surface area (TPSA) is 74.1 Å². The van der Waals surface area contributed by atoms with Crippen LogP contribution < -0.4 is 0 Å². The second-order valence-corrected chi connectivity index (χ2v) is 0. The number of rotatable bonds is 0. The summed E-state index contributed by atoms with van der Waals surface area (Å²) < 4.78 is 7.81. The Bertz CT molecular complexity index is 10.8. The molecule has 0 saturated heterocycles. The van der Waals surface area contributed by atoms with E-state index >= 15 is 0 Å². The molecular weight excluding hydrogens is 314 g/mol. The van der Waals surface area contributed by atoms with E-state index in [9.17, 15) is 0 Å². The minimum Gasteiger partial charge on any atom is 2.00 e. The van der Waals surface area contributed by atoms with E-state index in [4.69, 9.17) is 3.83 Å². The smallest absolute Gasteiger partial charge is 2.00 e. The Labute approximate surface area is 97.1 Å². The molecule has 0 aliphatic heterocycles. The zero-order valence-corrected chi connectivity index (χ0v) is 11.3. The van der Waals surface area contributed by atoms with Gasteiger partial charge in [0.05, 0.1) is 0 Å². The molecule has 0 amide bonds. The Morgan fingerprint density at radius 2 is 1.00 bits per heavy atom. The van der Waals surface area contributed by atoms with Gasteiger partial charge in [0, 0.05) is 0 Å². The third-order valence-electron chi connectivity index (χ3n) is 0. The quantitative estimate of drug-likeness (QED) is 0.543. The molecular formula is BaCuO3Zn. The molecule has 0 aliphatic rings. The third kappa shape index (κ3) is 32.1. The van der Waals surface area contributed by atoms with Crippen molar-refractivity contribution in [3.05, 3.63) is 0 Å². The van der Waals surface area contributed by atoms with Crippen LogP contribution in [0, 0.1) is 0 Å². The van der Waals surface area contributed by atoms with E-state index in [0.717, 1.165) is 0 Å². The van der Waals surface area contributed by atoms with Gasteiger partial charge in [-0.15, -0.1) is 0 Å². The summed E-state index contributed by atoms with van der Waals surface area (Å²) in [6.07, 6.45) is 0. The summed E-state index contributed by atoms with van der Waals surface area (Å²) in [5.74, 6) is 0. The summed E-state index contributed by atoms with van der Waals surface area (Å²) in [5, 5.41) is 0. The fourth-order valence-corrected chi connectivity index (χ4v) is 0.